The summed E-state index contributed by atoms with van der Waals surface area (Å²) in [6.07, 6.45) is 0. The lowest BCUT2D eigenvalue weighted by atomic mass is 10.0. The maximum Gasteiger partial charge on any atom is 0.341 e. The average molecular weight is 379 g/mol. The van der Waals surface area contributed by atoms with E-state index in [4.69, 9.17) is 21.7 Å². The second kappa shape index (κ2) is 9.50. The van der Waals surface area contributed by atoms with Gasteiger partial charge in [0, 0.05) is 24.6 Å². The van der Waals surface area contributed by atoms with E-state index in [-0.39, 0.29) is 5.97 Å². The zero-order chi connectivity index (χ0) is 18.2. The van der Waals surface area contributed by atoms with Crippen LogP contribution in [0.15, 0.2) is 29.6 Å². The van der Waals surface area contributed by atoms with Crippen molar-refractivity contribution in [1.82, 2.24) is 5.32 Å². The number of esters is 1. The van der Waals surface area contributed by atoms with Gasteiger partial charge >= 0.3 is 5.97 Å². The molecule has 0 amide bonds. The summed E-state index contributed by atoms with van der Waals surface area (Å²) >= 11 is 6.71. The van der Waals surface area contributed by atoms with Gasteiger partial charge in [0.2, 0.25) is 0 Å². The number of methoxy groups -OCH3 is 1. The maximum atomic E-state index is 12.5. The number of carbonyl (C=O) groups excluding carboxylic acids is 1. The smallest absolute Gasteiger partial charge is 0.341 e. The highest BCUT2D eigenvalue weighted by Gasteiger charge is 2.22. The summed E-state index contributed by atoms with van der Waals surface area (Å²) in [7, 11) is 1.63. The molecule has 0 radical (unpaired) electrons. The first-order valence-corrected chi connectivity index (χ1v) is 9.25. The second-order valence-corrected chi connectivity index (χ2v) is 6.60. The predicted molar refractivity (Wildman–Crippen MR) is 107 cm³/mol. The van der Waals surface area contributed by atoms with Gasteiger partial charge in [-0.3, -0.25) is 0 Å². The third kappa shape index (κ3) is 5.26. The molecule has 1 heterocycles. The molecule has 25 heavy (non-hydrogen) atoms. The fourth-order valence-corrected chi connectivity index (χ4v) is 3.45. The number of carbonyl (C=O) groups is 1. The molecule has 2 aromatic rings. The Morgan fingerprint density at radius 2 is 2.00 bits per heavy atom. The number of aryl methyl sites for hydroxylation is 1. The number of rotatable bonds is 7. The Morgan fingerprint density at radius 1 is 1.28 bits per heavy atom. The van der Waals surface area contributed by atoms with Crippen molar-refractivity contribution in [2.45, 2.75) is 13.8 Å². The fraction of sp³-hybridized carbons (Fsp3) is 0.333. The van der Waals surface area contributed by atoms with Crippen molar-refractivity contribution in [3.05, 3.63) is 40.8 Å². The fourth-order valence-electron chi connectivity index (χ4n) is 2.22. The van der Waals surface area contributed by atoms with Gasteiger partial charge in [0.25, 0.3) is 0 Å². The molecule has 2 N–H and O–H groups in total. The number of hydrogen-bond donors (Lipinski definition) is 2. The molecule has 134 valence electrons. The van der Waals surface area contributed by atoms with Crippen LogP contribution in [0, 0.1) is 6.92 Å². The summed E-state index contributed by atoms with van der Waals surface area (Å²) in [5.74, 6) is -0.360. The number of thiophene rings is 1. The molecule has 0 saturated carbocycles. The molecule has 0 saturated heterocycles. The highest BCUT2D eigenvalue weighted by Crippen LogP contribution is 2.36. The number of nitrogens with one attached hydrogen (secondary N) is 2. The number of hydrogen-bond acceptors (Lipinski definition) is 5. The van der Waals surface area contributed by atoms with Crippen molar-refractivity contribution in [3.63, 3.8) is 0 Å². The molecule has 0 fully saturated rings. The molecule has 1 aromatic heterocycles. The van der Waals surface area contributed by atoms with Gasteiger partial charge < -0.3 is 20.1 Å². The predicted octanol–water partition coefficient (Wildman–Crippen LogP) is 3.83. The average Bonchev–Trinajstić information content (AvgIpc) is 2.99. The van der Waals surface area contributed by atoms with Gasteiger partial charge in [-0.05, 0) is 31.6 Å². The minimum Gasteiger partial charge on any atom is -0.462 e. The van der Waals surface area contributed by atoms with Crippen LogP contribution in [0.2, 0.25) is 0 Å². The van der Waals surface area contributed by atoms with E-state index in [9.17, 15) is 4.79 Å². The third-order valence-electron chi connectivity index (χ3n) is 3.45. The molecule has 1 aromatic carbocycles. The van der Waals surface area contributed by atoms with Crippen LogP contribution in [-0.2, 0) is 9.47 Å². The topological polar surface area (TPSA) is 59.6 Å². The molecular formula is C18H22N2O3S2. The van der Waals surface area contributed by atoms with E-state index >= 15 is 0 Å². The normalized spacial score (nSPS) is 10.4. The van der Waals surface area contributed by atoms with Gasteiger partial charge in [-0.2, -0.15) is 0 Å². The van der Waals surface area contributed by atoms with Crippen LogP contribution in [0.4, 0.5) is 5.00 Å². The molecule has 7 heteroatoms. The van der Waals surface area contributed by atoms with Crippen molar-refractivity contribution >= 4 is 39.6 Å². The molecule has 2 rings (SSSR count). The lowest BCUT2D eigenvalue weighted by Gasteiger charge is -2.11. The minimum absolute atomic E-state index is 0.317. The summed E-state index contributed by atoms with van der Waals surface area (Å²) in [5.41, 5.74) is 3.48. The first-order chi connectivity index (χ1) is 12.1. The lowest BCUT2D eigenvalue weighted by Crippen LogP contribution is -2.31. The molecule has 0 aliphatic rings. The van der Waals surface area contributed by atoms with Crippen LogP contribution in [0.1, 0.15) is 22.8 Å². The minimum atomic E-state index is -0.360. The van der Waals surface area contributed by atoms with Crippen molar-refractivity contribution in [2.24, 2.45) is 0 Å². The quantitative estimate of drug-likeness (QED) is 0.434. The monoisotopic (exact) mass is 378 g/mol. The van der Waals surface area contributed by atoms with Crippen LogP contribution < -0.4 is 10.6 Å². The van der Waals surface area contributed by atoms with E-state index in [0.717, 1.165) is 11.1 Å². The lowest BCUT2D eigenvalue weighted by molar-refractivity contribution is 0.0529. The van der Waals surface area contributed by atoms with Crippen LogP contribution in [0.5, 0.6) is 0 Å². The molecular weight excluding hydrogens is 356 g/mol. The Morgan fingerprint density at radius 3 is 2.64 bits per heavy atom. The Kier molecular flexibility index (Phi) is 7.36. The molecule has 0 atom stereocenters. The zero-order valence-corrected chi connectivity index (χ0v) is 16.2. The van der Waals surface area contributed by atoms with Crippen molar-refractivity contribution < 1.29 is 14.3 Å². The maximum absolute atomic E-state index is 12.5. The Labute approximate surface area is 157 Å². The van der Waals surface area contributed by atoms with E-state index in [2.05, 4.69) is 10.6 Å². The summed E-state index contributed by atoms with van der Waals surface area (Å²) in [5, 5.41) is 9.19. The van der Waals surface area contributed by atoms with Gasteiger partial charge in [-0.1, -0.05) is 29.8 Å². The Hall–Kier alpha value is -1.96. The third-order valence-corrected chi connectivity index (χ3v) is 4.59. The number of anilines is 1. The van der Waals surface area contributed by atoms with Crippen LogP contribution in [0.3, 0.4) is 0 Å². The Bertz CT molecular complexity index is 726. The molecule has 0 spiro atoms. The van der Waals surface area contributed by atoms with Crippen LogP contribution in [-0.4, -0.2) is 38.0 Å². The van der Waals surface area contributed by atoms with Gasteiger partial charge in [-0.25, -0.2) is 4.79 Å². The molecule has 0 aliphatic heterocycles. The van der Waals surface area contributed by atoms with E-state index in [1.807, 2.05) is 36.6 Å². The SMILES string of the molecule is CCOC(=O)c1c(-c2ccc(C)cc2)csc1NC(=S)NCCOC. The van der Waals surface area contributed by atoms with Crippen molar-refractivity contribution in [3.8, 4) is 11.1 Å². The van der Waals surface area contributed by atoms with Gasteiger partial charge in [-0.15, -0.1) is 11.3 Å². The van der Waals surface area contributed by atoms with E-state index in [1.165, 1.54) is 16.9 Å². The first-order valence-electron chi connectivity index (χ1n) is 7.96. The van der Waals surface area contributed by atoms with E-state index < -0.39 is 0 Å². The van der Waals surface area contributed by atoms with Gasteiger partial charge in [0.15, 0.2) is 5.11 Å². The largest absolute Gasteiger partial charge is 0.462 e. The van der Waals surface area contributed by atoms with Crippen molar-refractivity contribution in [2.75, 3.05) is 32.2 Å². The summed E-state index contributed by atoms with van der Waals surface area (Å²) in [4.78, 5) is 12.5. The zero-order valence-electron chi connectivity index (χ0n) is 14.5. The van der Waals surface area contributed by atoms with Crippen LogP contribution >= 0.6 is 23.6 Å². The highest BCUT2D eigenvalue weighted by atomic mass is 32.1. The standard InChI is InChI=1S/C18H22N2O3S2/c1-4-23-17(21)15-14(13-7-5-12(2)6-8-13)11-25-16(15)20-18(24)19-9-10-22-3/h5-8,11H,4,9-10H2,1-3H3,(H2,19,20,24). The molecule has 0 bridgehead atoms. The number of thiocarbonyl (C=S) groups is 1. The highest BCUT2D eigenvalue weighted by molar-refractivity contribution is 7.80. The van der Waals surface area contributed by atoms with Gasteiger partial charge in [0.05, 0.1) is 13.2 Å². The van der Waals surface area contributed by atoms with E-state index in [0.29, 0.717) is 35.4 Å². The molecule has 5 nitrogen and oxygen atoms in total. The van der Waals surface area contributed by atoms with E-state index in [1.54, 1.807) is 14.0 Å². The van der Waals surface area contributed by atoms with Crippen LogP contribution in [0.25, 0.3) is 11.1 Å². The first kappa shape index (κ1) is 19.4. The molecule has 0 unspecified atom stereocenters. The second-order valence-electron chi connectivity index (χ2n) is 5.31. The summed E-state index contributed by atoms with van der Waals surface area (Å²) in [6.45, 7) is 5.28. The Balaban J connectivity index is 2.29. The summed E-state index contributed by atoms with van der Waals surface area (Å²) in [6, 6.07) is 8.04. The number of ether oxygens (including phenoxy) is 2. The molecule has 0 aliphatic carbocycles. The van der Waals surface area contributed by atoms with Crippen molar-refractivity contribution in [1.29, 1.82) is 0 Å². The number of benzene rings is 1. The summed E-state index contributed by atoms with van der Waals surface area (Å²) < 4.78 is 10.2. The van der Waals surface area contributed by atoms with Gasteiger partial charge in [0.1, 0.15) is 10.6 Å².